The van der Waals surface area contributed by atoms with E-state index in [1.807, 2.05) is 11.8 Å². The molecule has 0 amide bonds. The number of alkyl halides is 1. The molecule has 0 radical (unpaired) electrons. The van der Waals surface area contributed by atoms with Gasteiger partial charge in [-0.15, -0.1) is 0 Å². The van der Waals surface area contributed by atoms with E-state index >= 15 is 0 Å². The Morgan fingerprint density at radius 3 is 3.00 bits per heavy atom. The number of nitrogens with zero attached hydrogens (tertiary/aromatic N) is 1. The zero-order chi connectivity index (χ0) is 10.2. The number of rotatable bonds is 7. The summed E-state index contributed by atoms with van der Waals surface area (Å²) in [7, 11) is 0. The van der Waals surface area contributed by atoms with E-state index in [2.05, 4.69) is 27.1 Å². The largest absolute Gasteiger partial charge is 0.300 e. The van der Waals surface area contributed by atoms with Crippen LogP contribution in [0.15, 0.2) is 0 Å². The van der Waals surface area contributed by atoms with Gasteiger partial charge in [0.2, 0.25) is 0 Å². The van der Waals surface area contributed by atoms with Gasteiger partial charge in [-0.3, -0.25) is 0 Å². The second-order valence-corrected chi connectivity index (χ2v) is 5.79. The van der Waals surface area contributed by atoms with Crippen molar-refractivity contribution in [3.8, 4) is 0 Å². The molecular weight excluding hydrogens is 258 g/mol. The highest BCUT2D eigenvalue weighted by Crippen LogP contribution is 2.21. The van der Waals surface area contributed by atoms with Gasteiger partial charge in [-0.2, -0.15) is 11.8 Å². The molecule has 0 saturated carbocycles. The van der Waals surface area contributed by atoms with Crippen LogP contribution in [0.4, 0.5) is 0 Å². The van der Waals surface area contributed by atoms with Gasteiger partial charge in [0.25, 0.3) is 0 Å². The molecule has 1 heterocycles. The second kappa shape index (κ2) is 8.00. The lowest BCUT2D eigenvalue weighted by Crippen LogP contribution is -2.30. The minimum atomic E-state index is 0.898. The Morgan fingerprint density at radius 2 is 2.29 bits per heavy atom. The molecule has 0 spiro atoms. The van der Waals surface area contributed by atoms with Gasteiger partial charge in [0.1, 0.15) is 0 Å². The van der Waals surface area contributed by atoms with Crippen LogP contribution in [0, 0.1) is 0 Å². The first-order valence-corrected chi connectivity index (χ1v) is 8.19. The maximum Gasteiger partial charge on any atom is 0.00960 e. The van der Waals surface area contributed by atoms with Crippen LogP contribution < -0.4 is 0 Å². The van der Waals surface area contributed by atoms with Crippen LogP contribution in [0.5, 0.6) is 0 Å². The van der Waals surface area contributed by atoms with E-state index in [4.69, 9.17) is 0 Å². The maximum absolute atomic E-state index is 3.52. The quantitative estimate of drug-likeness (QED) is 0.519. The first-order chi connectivity index (χ1) is 6.88. The molecule has 1 atom stereocenters. The monoisotopic (exact) mass is 279 g/mol. The average Bonchev–Trinajstić information content (AvgIpc) is 2.63. The lowest BCUT2D eigenvalue weighted by molar-refractivity contribution is 0.243. The number of hydrogen-bond donors (Lipinski definition) is 0. The predicted octanol–water partition coefficient (Wildman–Crippen LogP) is 3.38. The highest BCUT2D eigenvalue weighted by Gasteiger charge is 2.22. The molecule has 0 aromatic carbocycles. The van der Waals surface area contributed by atoms with Gasteiger partial charge in [-0.05, 0) is 57.2 Å². The standard InChI is InChI=1S/C11H22BrNS/c1-14-10-4-9-13-8-3-6-11(13)5-2-7-12/h11H,2-10H2,1H3. The number of thioether (sulfide) groups is 1. The summed E-state index contributed by atoms with van der Waals surface area (Å²) < 4.78 is 0. The third-order valence-corrected chi connectivity index (χ3v) is 4.22. The van der Waals surface area contributed by atoms with Gasteiger partial charge in [0, 0.05) is 11.4 Å². The molecular formula is C11H22BrNS. The van der Waals surface area contributed by atoms with Gasteiger partial charge in [0.05, 0.1) is 0 Å². The van der Waals surface area contributed by atoms with Crippen LogP contribution in [0.2, 0.25) is 0 Å². The van der Waals surface area contributed by atoms with E-state index in [1.54, 1.807) is 0 Å². The molecule has 1 aliphatic rings. The average molecular weight is 280 g/mol. The molecule has 1 unspecified atom stereocenters. The summed E-state index contributed by atoms with van der Waals surface area (Å²) in [6.45, 7) is 2.68. The van der Waals surface area contributed by atoms with Crippen molar-refractivity contribution in [3.05, 3.63) is 0 Å². The molecule has 14 heavy (non-hydrogen) atoms. The molecule has 1 rings (SSSR count). The van der Waals surface area contributed by atoms with Gasteiger partial charge >= 0.3 is 0 Å². The Hall–Kier alpha value is 0.790. The Balaban J connectivity index is 2.14. The van der Waals surface area contributed by atoms with Crippen molar-refractivity contribution in [1.82, 2.24) is 4.90 Å². The van der Waals surface area contributed by atoms with E-state index in [9.17, 15) is 0 Å². The van der Waals surface area contributed by atoms with Gasteiger partial charge in [-0.25, -0.2) is 0 Å². The predicted molar refractivity (Wildman–Crippen MR) is 70.6 cm³/mol. The highest BCUT2D eigenvalue weighted by atomic mass is 79.9. The molecule has 0 aromatic heterocycles. The summed E-state index contributed by atoms with van der Waals surface area (Å²) >= 11 is 5.49. The minimum absolute atomic E-state index is 0.898. The summed E-state index contributed by atoms with van der Waals surface area (Å²) in [5.74, 6) is 1.32. The van der Waals surface area contributed by atoms with Crippen LogP contribution in [0.25, 0.3) is 0 Å². The topological polar surface area (TPSA) is 3.24 Å². The first-order valence-electron chi connectivity index (χ1n) is 5.67. The second-order valence-electron chi connectivity index (χ2n) is 4.01. The Morgan fingerprint density at radius 1 is 1.43 bits per heavy atom. The summed E-state index contributed by atoms with van der Waals surface area (Å²) in [6.07, 6.45) is 9.16. The van der Waals surface area contributed by atoms with Crippen LogP contribution in [-0.2, 0) is 0 Å². The van der Waals surface area contributed by atoms with Crippen molar-refractivity contribution in [2.45, 2.75) is 38.1 Å². The van der Waals surface area contributed by atoms with Crippen LogP contribution in [0.3, 0.4) is 0 Å². The zero-order valence-electron chi connectivity index (χ0n) is 9.17. The van der Waals surface area contributed by atoms with Gasteiger partial charge < -0.3 is 4.90 Å². The third kappa shape index (κ3) is 4.54. The molecule has 1 aliphatic heterocycles. The molecule has 0 aliphatic carbocycles. The van der Waals surface area contributed by atoms with Crippen molar-refractivity contribution in [3.63, 3.8) is 0 Å². The van der Waals surface area contributed by atoms with E-state index in [-0.39, 0.29) is 0 Å². The summed E-state index contributed by atoms with van der Waals surface area (Å²) in [5, 5.41) is 1.17. The lowest BCUT2D eigenvalue weighted by Gasteiger charge is -2.23. The van der Waals surface area contributed by atoms with Crippen LogP contribution in [0.1, 0.15) is 32.1 Å². The SMILES string of the molecule is CSCCCN1CCCC1CCCBr. The van der Waals surface area contributed by atoms with E-state index < -0.39 is 0 Å². The zero-order valence-corrected chi connectivity index (χ0v) is 11.6. The van der Waals surface area contributed by atoms with Crippen molar-refractivity contribution < 1.29 is 0 Å². The number of likely N-dealkylation sites (tertiary alicyclic amines) is 1. The van der Waals surface area contributed by atoms with Crippen molar-refractivity contribution in [2.24, 2.45) is 0 Å². The van der Waals surface area contributed by atoms with E-state index in [1.165, 1.54) is 56.3 Å². The van der Waals surface area contributed by atoms with Crippen molar-refractivity contribution in [1.29, 1.82) is 0 Å². The van der Waals surface area contributed by atoms with Crippen molar-refractivity contribution >= 4 is 27.7 Å². The molecule has 1 saturated heterocycles. The Kier molecular flexibility index (Phi) is 7.35. The molecule has 0 bridgehead atoms. The molecule has 1 nitrogen and oxygen atoms in total. The fourth-order valence-corrected chi connectivity index (χ4v) is 2.98. The van der Waals surface area contributed by atoms with Gasteiger partial charge in [-0.1, -0.05) is 15.9 Å². The highest BCUT2D eigenvalue weighted by molar-refractivity contribution is 9.09. The number of hydrogen-bond acceptors (Lipinski definition) is 2. The molecule has 0 aromatic rings. The van der Waals surface area contributed by atoms with Crippen LogP contribution >= 0.6 is 27.7 Å². The normalized spacial score (nSPS) is 23.1. The first kappa shape index (κ1) is 12.9. The lowest BCUT2D eigenvalue weighted by atomic mass is 10.1. The molecule has 1 fully saturated rings. The summed E-state index contributed by atoms with van der Waals surface area (Å²) in [4.78, 5) is 2.71. The Labute approximate surface area is 101 Å². The number of halogens is 1. The third-order valence-electron chi connectivity index (χ3n) is 2.96. The minimum Gasteiger partial charge on any atom is -0.300 e. The van der Waals surface area contributed by atoms with Crippen molar-refractivity contribution in [2.75, 3.05) is 30.4 Å². The smallest absolute Gasteiger partial charge is 0.00960 e. The summed E-state index contributed by atoms with van der Waals surface area (Å²) in [5.41, 5.74) is 0. The van der Waals surface area contributed by atoms with Gasteiger partial charge in [0.15, 0.2) is 0 Å². The van der Waals surface area contributed by atoms with Crippen LogP contribution in [-0.4, -0.2) is 41.4 Å². The van der Waals surface area contributed by atoms with E-state index in [0.717, 1.165) is 6.04 Å². The van der Waals surface area contributed by atoms with E-state index in [0.29, 0.717) is 0 Å². The maximum atomic E-state index is 3.52. The molecule has 3 heteroatoms. The summed E-state index contributed by atoms with van der Waals surface area (Å²) in [6, 6.07) is 0.898. The molecule has 84 valence electrons. The molecule has 0 N–H and O–H groups in total. The fourth-order valence-electron chi connectivity index (χ4n) is 2.24. The Bertz CT molecular complexity index is 143. The fraction of sp³-hybridized carbons (Fsp3) is 1.00.